The van der Waals surface area contributed by atoms with E-state index in [9.17, 15) is 19.1 Å². The molecule has 1 N–H and O–H groups in total. The van der Waals surface area contributed by atoms with Gasteiger partial charge in [-0.3, -0.25) is 14.5 Å². The topological polar surface area (TPSA) is 88.5 Å². The summed E-state index contributed by atoms with van der Waals surface area (Å²) in [6.07, 6.45) is 0. The molecule has 2 heterocycles. The Kier molecular flexibility index (Phi) is 7.37. The number of likely N-dealkylation sites (tertiary alicyclic amines) is 1. The van der Waals surface area contributed by atoms with Crippen molar-refractivity contribution in [2.45, 2.75) is 13.0 Å². The fourth-order valence-electron chi connectivity index (χ4n) is 4.63. The van der Waals surface area contributed by atoms with Crippen LogP contribution in [0.2, 0.25) is 0 Å². The first-order valence-corrected chi connectivity index (χ1v) is 11.4. The number of hydrogen-bond acceptors (Lipinski definition) is 7. The van der Waals surface area contributed by atoms with Gasteiger partial charge in [0.05, 0.1) is 39.0 Å². The number of aryl methyl sites for hydroxylation is 1. The minimum absolute atomic E-state index is 0.0461. The van der Waals surface area contributed by atoms with Gasteiger partial charge in [-0.25, -0.2) is 4.39 Å². The van der Waals surface area contributed by atoms with Crippen LogP contribution in [0.4, 0.5) is 4.39 Å². The zero-order valence-electron chi connectivity index (χ0n) is 20.0. The van der Waals surface area contributed by atoms with Gasteiger partial charge < -0.3 is 24.2 Å². The number of carbonyl (C=O) groups is 2. The summed E-state index contributed by atoms with van der Waals surface area (Å²) in [6, 6.07) is 7.82. The van der Waals surface area contributed by atoms with Gasteiger partial charge in [0.25, 0.3) is 11.7 Å². The molecule has 8 nitrogen and oxygen atoms in total. The highest BCUT2D eigenvalue weighted by Crippen LogP contribution is 2.43. The van der Waals surface area contributed by atoms with Crippen molar-refractivity contribution < 1.29 is 33.3 Å². The van der Waals surface area contributed by atoms with Crippen LogP contribution in [0.25, 0.3) is 5.76 Å². The Bertz CT molecular complexity index is 1140. The molecule has 2 aromatic rings. The number of ether oxygens (including phenoxy) is 3. The third kappa shape index (κ3) is 4.87. The van der Waals surface area contributed by atoms with E-state index < -0.39 is 23.5 Å². The Hall–Kier alpha value is -3.43. The van der Waals surface area contributed by atoms with Gasteiger partial charge in [-0.15, -0.1) is 0 Å². The number of amides is 1. The smallest absolute Gasteiger partial charge is 0.295 e. The Labute approximate surface area is 203 Å². The summed E-state index contributed by atoms with van der Waals surface area (Å²) in [5.74, 6) is -1.32. The lowest BCUT2D eigenvalue weighted by Crippen LogP contribution is -2.42. The third-order valence-electron chi connectivity index (χ3n) is 6.42. The van der Waals surface area contributed by atoms with Crippen molar-refractivity contribution in [1.82, 2.24) is 9.80 Å². The van der Waals surface area contributed by atoms with Crippen LogP contribution >= 0.6 is 0 Å². The highest BCUT2D eigenvalue weighted by Gasteiger charge is 2.46. The predicted molar refractivity (Wildman–Crippen MR) is 127 cm³/mol. The van der Waals surface area contributed by atoms with E-state index in [0.29, 0.717) is 36.8 Å². The number of rotatable bonds is 7. The molecule has 0 bridgehead atoms. The van der Waals surface area contributed by atoms with Crippen LogP contribution in [0.3, 0.4) is 0 Å². The molecule has 2 fully saturated rings. The summed E-state index contributed by atoms with van der Waals surface area (Å²) in [5, 5.41) is 11.1. The Morgan fingerprint density at radius 1 is 1.09 bits per heavy atom. The van der Waals surface area contributed by atoms with Crippen molar-refractivity contribution in [1.29, 1.82) is 0 Å². The number of aliphatic hydroxyl groups is 1. The lowest BCUT2D eigenvalue weighted by Gasteiger charge is -2.31. The summed E-state index contributed by atoms with van der Waals surface area (Å²) in [7, 11) is 3.04. The molecular formula is C26H29FN2O6. The summed E-state index contributed by atoms with van der Waals surface area (Å²) in [4.78, 5) is 30.1. The number of benzene rings is 2. The number of aliphatic hydroxyl groups excluding tert-OH is 1. The molecule has 0 unspecified atom stereocenters. The van der Waals surface area contributed by atoms with Gasteiger partial charge in [-0.1, -0.05) is 0 Å². The molecule has 1 atom stereocenters. The number of nitrogens with zero attached hydrogens (tertiary/aromatic N) is 2. The summed E-state index contributed by atoms with van der Waals surface area (Å²) in [5.41, 5.74) is 1.56. The molecule has 0 spiro atoms. The predicted octanol–water partition coefficient (Wildman–Crippen LogP) is 2.91. The van der Waals surface area contributed by atoms with Crippen LogP contribution in [-0.2, 0) is 14.3 Å². The Morgan fingerprint density at radius 3 is 2.40 bits per heavy atom. The minimum Gasteiger partial charge on any atom is -0.507 e. The Balaban J connectivity index is 1.81. The second-order valence-corrected chi connectivity index (χ2v) is 8.53. The van der Waals surface area contributed by atoms with E-state index in [0.717, 1.165) is 18.7 Å². The third-order valence-corrected chi connectivity index (χ3v) is 6.42. The highest BCUT2D eigenvalue weighted by molar-refractivity contribution is 6.46. The number of carbonyl (C=O) groups excluding carboxylic acids is 2. The van der Waals surface area contributed by atoms with E-state index in [2.05, 4.69) is 4.90 Å². The first-order chi connectivity index (χ1) is 16.8. The first kappa shape index (κ1) is 24.7. The van der Waals surface area contributed by atoms with E-state index in [1.54, 1.807) is 6.07 Å². The molecule has 0 aliphatic carbocycles. The first-order valence-electron chi connectivity index (χ1n) is 11.4. The van der Waals surface area contributed by atoms with Crippen molar-refractivity contribution in [3.8, 4) is 11.5 Å². The summed E-state index contributed by atoms with van der Waals surface area (Å²) >= 11 is 0. The number of ketones is 1. The van der Waals surface area contributed by atoms with Crippen molar-refractivity contribution in [2.24, 2.45) is 0 Å². The monoisotopic (exact) mass is 484 g/mol. The lowest BCUT2D eigenvalue weighted by atomic mass is 9.93. The van der Waals surface area contributed by atoms with E-state index >= 15 is 0 Å². The second-order valence-electron chi connectivity index (χ2n) is 8.53. The molecule has 35 heavy (non-hydrogen) atoms. The van der Waals surface area contributed by atoms with E-state index in [1.807, 2.05) is 13.0 Å². The standard InChI is InChI=1S/C26H29FN2O6/c1-16-14-18(15-20(33-2)25(16)34-3)22-21(23(30)17-4-6-19(27)7-5-17)24(31)26(32)29(22)9-8-28-10-12-35-13-11-28/h4-7,14-15,22,30H,8-13H2,1-3H3/t22-/m1/s1. The number of Topliss-reactive ketones (excluding diaryl/α,β-unsaturated/α-hetero) is 1. The largest absolute Gasteiger partial charge is 0.507 e. The second kappa shape index (κ2) is 10.5. The van der Waals surface area contributed by atoms with Crippen LogP contribution < -0.4 is 9.47 Å². The Morgan fingerprint density at radius 2 is 1.77 bits per heavy atom. The summed E-state index contributed by atoms with van der Waals surface area (Å²) in [6.45, 7) is 5.37. The van der Waals surface area contributed by atoms with Crippen LogP contribution in [0.1, 0.15) is 22.7 Å². The van der Waals surface area contributed by atoms with Gasteiger partial charge in [0.1, 0.15) is 11.6 Å². The van der Waals surface area contributed by atoms with Crippen molar-refractivity contribution in [3.05, 3.63) is 64.5 Å². The fraction of sp³-hybridized carbons (Fsp3) is 0.385. The van der Waals surface area contributed by atoms with Crippen LogP contribution in [0, 0.1) is 12.7 Å². The van der Waals surface area contributed by atoms with Gasteiger partial charge in [-0.2, -0.15) is 0 Å². The molecule has 2 aromatic carbocycles. The molecule has 4 rings (SSSR count). The van der Waals surface area contributed by atoms with Crippen molar-refractivity contribution in [3.63, 3.8) is 0 Å². The van der Waals surface area contributed by atoms with E-state index in [-0.39, 0.29) is 23.4 Å². The number of morpholine rings is 1. The molecule has 2 aliphatic rings. The van der Waals surface area contributed by atoms with Crippen molar-refractivity contribution >= 4 is 17.4 Å². The van der Waals surface area contributed by atoms with Gasteiger partial charge >= 0.3 is 0 Å². The van der Waals surface area contributed by atoms with Gasteiger partial charge in [-0.05, 0) is 54.4 Å². The normalized spacial score (nSPS) is 20.3. The SMILES string of the molecule is COc1cc([C@@H]2C(=C(O)c3ccc(F)cc3)C(=O)C(=O)N2CCN2CCOCC2)cc(C)c1OC. The zero-order valence-corrected chi connectivity index (χ0v) is 20.0. The van der Waals surface area contributed by atoms with E-state index in [4.69, 9.17) is 14.2 Å². The number of halogens is 1. The minimum atomic E-state index is -0.848. The number of hydrogen-bond donors (Lipinski definition) is 1. The van der Waals surface area contributed by atoms with Gasteiger partial charge in [0, 0.05) is 31.7 Å². The zero-order chi connectivity index (χ0) is 25.1. The molecule has 0 aromatic heterocycles. The lowest BCUT2D eigenvalue weighted by molar-refractivity contribution is -0.140. The molecule has 0 saturated carbocycles. The fourth-order valence-corrected chi connectivity index (χ4v) is 4.63. The molecule has 2 aliphatic heterocycles. The van der Waals surface area contributed by atoms with Crippen molar-refractivity contribution in [2.75, 3.05) is 53.6 Å². The van der Waals surface area contributed by atoms with Gasteiger partial charge in [0.15, 0.2) is 11.5 Å². The maximum Gasteiger partial charge on any atom is 0.295 e. The van der Waals surface area contributed by atoms with E-state index in [1.165, 1.54) is 43.4 Å². The van der Waals surface area contributed by atoms with Crippen LogP contribution in [0.15, 0.2) is 42.0 Å². The average Bonchev–Trinajstić information content (AvgIpc) is 3.12. The number of methoxy groups -OCH3 is 2. The molecular weight excluding hydrogens is 455 g/mol. The van der Waals surface area contributed by atoms with Crippen LogP contribution in [-0.4, -0.2) is 80.2 Å². The maximum atomic E-state index is 13.5. The molecule has 186 valence electrons. The van der Waals surface area contributed by atoms with Crippen LogP contribution in [0.5, 0.6) is 11.5 Å². The van der Waals surface area contributed by atoms with Gasteiger partial charge in [0.2, 0.25) is 0 Å². The summed E-state index contributed by atoms with van der Waals surface area (Å²) < 4.78 is 29.8. The molecule has 0 radical (unpaired) electrons. The molecule has 1 amide bonds. The quantitative estimate of drug-likeness (QED) is 0.367. The maximum absolute atomic E-state index is 13.5. The molecule has 2 saturated heterocycles. The average molecular weight is 485 g/mol. The molecule has 9 heteroatoms. The highest BCUT2D eigenvalue weighted by atomic mass is 19.1.